The minimum Gasteiger partial charge on any atom is -0.356 e. The molecular formula is C27H37F5N4O3. The summed E-state index contributed by atoms with van der Waals surface area (Å²) in [6.07, 6.45) is 2.61. The van der Waals surface area contributed by atoms with Crippen LogP contribution in [0.15, 0.2) is 77.3 Å². The maximum Gasteiger partial charge on any atom is 0.280 e. The van der Waals surface area contributed by atoms with Crippen molar-refractivity contribution < 1.29 is 36.1 Å². The molecule has 0 atom stereocenters. The number of anilines is 1. The number of hydrogen-bond donors (Lipinski definition) is 1. The van der Waals surface area contributed by atoms with E-state index in [1.165, 1.54) is 63.5 Å². The Morgan fingerprint density at radius 2 is 1.82 bits per heavy atom. The van der Waals surface area contributed by atoms with Gasteiger partial charge in [-0.1, -0.05) is 49.9 Å². The molecule has 218 valence electrons. The summed E-state index contributed by atoms with van der Waals surface area (Å²) in [5, 5.41) is 5.53. The van der Waals surface area contributed by atoms with Gasteiger partial charge in [0.15, 0.2) is 5.76 Å². The van der Waals surface area contributed by atoms with Crippen LogP contribution in [0.25, 0.3) is 5.57 Å². The summed E-state index contributed by atoms with van der Waals surface area (Å²) in [6.45, 7) is 10.3. The van der Waals surface area contributed by atoms with Crippen LogP contribution in [0.1, 0.15) is 39.1 Å². The molecule has 0 radical (unpaired) electrons. The van der Waals surface area contributed by atoms with Crippen molar-refractivity contribution in [2.75, 3.05) is 26.3 Å². The van der Waals surface area contributed by atoms with E-state index in [0.29, 0.717) is 12.2 Å². The first-order chi connectivity index (χ1) is 18.5. The van der Waals surface area contributed by atoms with Gasteiger partial charge in [-0.25, -0.2) is 28.5 Å². The largest absolute Gasteiger partial charge is 0.356 e. The molecule has 0 aliphatic heterocycles. The molecule has 0 saturated heterocycles. The van der Waals surface area contributed by atoms with E-state index in [2.05, 4.69) is 16.6 Å². The van der Waals surface area contributed by atoms with Gasteiger partial charge in [-0.15, -0.1) is 0 Å². The standard InChI is InChI=1S/C20H19F4N3O.C4H9NO2.C2H6.CH3F/c1-3-4-5-7-14(21)10-16-12-18(28-26-16)13(2)19(20(23)24)27(25)17-9-6-8-15(22)11-17;1-4(6)5(2)7-3;2*1-2/h3-9,11-12,20H,1,10,25H2,2H3;1-3H3;1-2H3;1H3/b5-4-,14-7+,19-13+;;;. The summed E-state index contributed by atoms with van der Waals surface area (Å²) in [4.78, 5) is 14.7. The molecule has 0 aliphatic carbocycles. The van der Waals surface area contributed by atoms with Crippen LogP contribution in [-0.2, 0) is 16.1 Å². The molecule has 0 fully saturated rings. The van der Waals surface area contributed by atoms with E-state index >= 15 is 0 Å². The molecule has 39 heavy (non-hydrogen) atoms. The zero-order chi connectivity index (χ0) is 30.5. The van der Waals surface area contributed by atoms with Crippen LogP contribution in [0.2, 0.25) is 0 Å². The van der Waals surface area contributed by atoms with Crippen LogP contribution in [-0.4, -0.2) is 43.9 Å². The number of aromatic nitrogens is 1. The fourth-order valence-electron chi connectivity index (χ4n) is 2.51. The molecule has 2 aromatic rings. The van der Waals surface area contributed by atoms with Crippen molar-refractivity contribution in [2.24, 2.45) is 5.84 Å². The summed E-state index contributed by atoms with van der Waals surface area (Å²) in [7, 11) is 3.50. The van der Waals surface area contributed by atoms with Gasteiger partial charge in [0.1, 0.15) is 17.3 Å². The summed E-state index contributed by atoms with van der Waals surface area (Å²) in [5.41, 5.74) is -0.329. The second-order valence-electron chi connectivity index (χ2n) is 6.95. The van der Waals surface area contributed by atoms with E-state index in [9.17, 15) is 26.7 Å². The predicted molar refractivity (Wildman–Crippen MR) is 144 cm³/mol. The Balaban J connectivity index is 0. The minimum atomic E-state index is -2.97. The van der Waals surface area contributed by atoms with Gasteiger partial charge in [-0.05, 0) is 31.2 Å². The van der Waals surface area contributed by atoms with Crippen molar-refractivity contribution in [3.63, 3.8) is 0 Å². The van der Waals surface area contributed by atoms with Crippen molar-refractivity contribution in [1.29, 1.82) is 0 Å². The lowest BCUT2D eigenvalue weighted by Crippen LogP contribution is -2.34. The zero-order valence-corrected chi connectivity index (χ0v) is 23.2. The van der Waals surface area contributed by atoms with Crippen LogP contribution < -0.4 is 10.9 Å². The predicted octanol–water partition coefficient (Wildman–Crippen LogP) is 6.97. The quantitative estimate of drug-likeness (QED) is 0.154. The van der Waals surface area contributed by atoms with E-state index in [1.807, 2.05) is 13.8 Å². The monoisotopic (exact) mass is 560 g/mol. The SMILES string of the molecule is C=C/C=C\C=C(\F)Cc1cc(/C(C)=C(\C(F)F)N(N)c2cccc(F)c2)on1.CC.CF.CON(C)C(C)=O. The maximum absolute atomic E-state index is 13.8. The first kappa shape index (κ1) is 37.4. The molecule has 0 unspecified atom stereocenters. The van der Waals surface area contributed by atoms with Crippen molar-refractivity contribution in [3.8, 4) is 0 Å². The molecule has 1 aromatic heterocycles. The van der Waals surface area contributed by atoms with Gasteiger partial charge >= 0.3 is 0 Å². The molecule has 1 aromatic carbocycles. The summed E-state index contributed by atoms with van der Waals surface area (Å²) in [6, 6.07) is 6.29. The third-order valence-electron chi connectivity index (χ3n) is 4.46. The number of carbonyl (C=O) groups is 1. The molecule has 2 rings (SSSR count). The highest BCUT2D eigenvalue weighted by molar-refractivity contribution is 5.71. The normalized spacial score (nSPS) is 11.3. The van der Waals surface area contributed by atoms with Gasteiger partial charge in [0.25, 0.3) is 6.43 Å². The number of halogens is 5. The van der Waals surface area contributed by atoms with Crippen molar-refractivity contribution in [1.82, 2.24) is 10.2 Å². The van der Waals surface area contributed by atoms with Crippen molar-refractivity contribution in [3.05, 3.63) is 90.0 Å². The van der Waals surface area contributed by atoms with E-state index in [0.717, 1.165) is 11.1 Å². The number of hydrogen-bond acceptors (Lipinski definition) is 6. The summed E-state index contributed by atoms with van der Waals surface area (Å²) < 4.78 is 69.0. The van der Waals surface area contributed by atoms with E-state index < -0.39 is 23.8 Å². The topological polar surface area (TPSA) is 84.8 Å². The first-order valence-electron chi connectivity index (χ1n) is 11.6. The van der Waals surface area contributed by atoms with Gasteiger partial charge in [0.2, 0.25) is 5.91 Å². The summed E-state index contributed by atoms with van der Waals surface area (Å²) >= 11 is 0. The highest BCUT2D eigenvalue weighted by Crippen LogP contribution is 2.29. The first-order valence-corrected chi connectivity index (χ1v) is 11.6. The molecule has 12 heteroatoms. The average molecular weight is 561 g/mol. The third kappa shape index (κ3) is 14.1. The fraction of sp³-hybridized carbons (Fsp3) is 0.333. The average Bonchev–Trinajstić information content (AvgIpc) is 3.39. The number of hydrazine groups is 1. The van der Waals surface area contributed by atoms with Gasteiger partial charge in [0, 0.05) is 32.0 Å². The van der Waals surface area contributed by atoms with Gasteiger partial charge in [0.05, 0.1) is 25.7 Å². The molecular weight excluding hydrogens is 523 g/mol. The molecule has 0 saturated carbocycles. The Bertz CT molecular complexity index is 1080. The van der Waals surface area contributed by atoms with Gasteiger partial charge in [-0.3, -0.25) is 19.0 Å². The fourth-order valence-corrected chi connectivity index (χ4v) is 2.51. The number of benzene rings is 1. The van der Waals surface area contributed by atoms with Gasteiger partial charge < -0.3 is 4.52 Å². The second-order valence-corrected chi connectivity index (χ2v) is 6.95. The smallest absolute Gasteiger partial charge is 0.280 e. The number of carbonyl (C=O) groups excluding carboxylic acids is 1. The molecule has 7 nitrogen and oxygen atoms in total. The Morgan fingerprint density at radius 1 is 1.21 bits per heavy atom. The number of amides is 1. The van der Waals surface area contributed by atoms with Crippen LogP contribution in [0.4, 0.5) is 27.6 Å². The Hall–Kier alpha value is -3.77. The Morgan fingerprint density at radius 3 is 2.28 bits per heavy atom. The number of hydroxylamine groups is 2. The van der Waals surface area contributed by atoms with Crippen LogP contribution >= 0.6 is 0 Å². The molecule has 0 spiro atoms. The lowest BCUT2D eigenvalue weighted by atomic mass is 10.1. The molecule has 0 aliphatic rings. The zero-order valence-electron chi connectivity index (χ0n) is 23.2. The molecule has 2 N–H and O–H groups in total. The molecule has 0 bridgehead atoms. The third-order valence-corrected chi connectivity index (χ3v) is 4.46. The number of nitrogens with zero attached hydrogens (tertiary/aromatic N) is 3. The van der Waals surface area contributed by atoms with E-state index in [1.54, 1.807) is 13.1 Å². The number of nitrogens with two attached hydrogens (primary N) is 1. The van der Waals surface area contributed by atoms with Crippen molar-refractivity contribution >= 4 is 17.2 Å². The number of rotatable bonds is 9. The molecule has 1 heterocycles. The Labute approximate surface area is 226 Å². The van der Waals surface area contributed by atoms with E-state index in [-0.39, 0.29) is 35.0 Å². The summed E-state index contributed by atoms with van der Waals surface area (Å²) in [5.74, 6) is 4.59. The van der Waals surface area contributed by atoms with Gasteiger partial charge in [-0.2, -0.15) is 0 Å². The lowest BCUT2D eigenvalue weighted by molar-refractivity contribution is -0.165. The van der Waals surface area contributed by atoms with Crippen molar-refractivity contribution in [2.45, 2.75) is 40.5 Å². The number of allylic oxidation sites excluding steroid dienone is 7. The van der Waals surface area contributed by atoms with E-state index in [4.69, 9.17) is 10.4 Å². The highest BCUT2D eigenvalue weighted by Gasteiger charge is 2.24. The maximum atomic E-state index is 13.8. The second kappa shape index (κ2) is 21.2. The number of alkyl halides is 3. The van der Waals surface area contributed by atoms with Crippen LogP contribution in [0, 0.1) is 5.82 Å². The Kier molecular flexibility index (Phi) is 20.3. The van der Waals surface area contributed by atoms with Crippen LogP contribution in [0.5, 0.6) is 0 Å². The lowest BCUT2D eigenvalue weighted by Gasteiger charge is -2.23. The highest BCUT2D eigenvalue weighted by atomic mass is 19.3. The molecule has 1 amide bonds. The minimum absolute atomic E-state index is 0.00329. The van der Waals surface area contributed by atoms with Crippen LogP contribution in [0.3, 0.4) is 0 Å².